The summed E-state index contributed by atoms with van der Waals surface area (Å²) in [5, 5.41) is 0. The molecular weight excluding hydrogens is 561 g/mol. The number of anilines is 1. The molecule has 2 heterocycles. The molecule has 4 aromatic carbocycles. The van der Waals surface area contributed by atoms with Crippen LogP contribution in [0.2, 0.25) is 0 Å². The van der Waals surface area contributed by atoms with E-state index >= 15 is 0 Å². The van der Waals surface area contributed by atoms with E-state index in [1.807, 2.05) is 41.3 Å². The Morgan fingerprint density at radius 2 is 1.41 bits per heavy atom. The van der Waals surface area contributed by atoms with Crippen molar-refractivity contribution in [1.29, 1.82) is 0 Å². The predicted octanol–water partition coefficient (Wildman–Crippen LogP) is 6.17. The Bertz CT molecular complexity index is 1850. The minimum absolute atomic E-state index is 0.249. The van der Waals surface area contributed by atoms with Gasteiger partial charge in [0.25, 0.3) is 0 Å². The monoisotopic (exact) mass is 589 g/mol. The van der Waals surface area contributed by atoms with Crippen LogP contribution in [-0.2, 0) is 0 Å². The first kappa shape index (κ1) is 27.6. The number of carbonyl (C=O) groups is 3. The minimum Gasteiger partial charge on any atom is -0.493 e. The fourth-order valence-electron chi connectivity index (χ4n) is 7.41. The van der Waals surface area contributed by atoms with E-state index in [0.717, 1.165) is 5.56 Å². The van der Waals surface area contributed by atoms with Gasteiger partial charge in [-0.3, -0.25) is 14.4 Å². The van der Waals surface area contributed by atoms with Gasteiger partial charge in [0.05, 0.1) is 27.4 Å². The summed E-state index contributed by atoms with van der Waals surface area (Å²) in [5.41, 5.74) is 1.12. The molecule has 4 aromatic rings. The van der Waals surface area contributed by atoms with E-state index in [1.54, 1.807) is 36.4 Å². The molecule has 0 radical (unpaired) electrons. The predicted molar refractivity (Wildman–Crippen MR) is 163 cm³/mol. The van der Waals surface area contributed by atoms with Gasteiger partial charge in [-0.1, -0.05) is 60.7 Å². The molecule has 0 saturated carbocycles. The Morgan fingerprint density at radius 3 is 2.05 bits per heavy atom. The van der Waals surface area contributed by atoms with Crippen molar-refractivity contribution in [3.05, 3.63) is 125 Å². The average molecular weight is 590 g/mol. The zero-order chi connectivity index (χ0) is 30.7. The molecule has 7 rings (SSSR count). The number of Topliss-reactive ketones (excluding diaryl/α,β-unsaturated/α-hetero) is 3. The largest absolute Gasteiger partial charge is 0.493 e. The minimum atomic E-state index is -1.74. The molecule has 3 unspecified atom stereocenters. The molecule has 220 valence electrons. The molecule has 1 spiro atoms. The summed E-state index contributed by atoms with van der Waals surface area (Å²) in [6.07, 6.45) is 3.75. The topological polar surface area (TPSA) is 82.1 Å². The molecule has 1 saturated heterocycles. The standard InChI is InChI=1S/C36H28FNO6/c1-42-27-18-17-25(32(43-2)33(27)44-3)29-30(31(39)21-12-15-22(37)16-13-21)38-26-11-7-4-8-20(26)14-19-28(38)36(29)34(40)23-9-5-6-10-24(23)35(36)41/h4-19,28-30H,1-3H3. The van der Waals surface area contributed by atoms with Crippen molar-refractivity contribution in [3.8, 4) is 17.2 Å². The highest BCUT2D eigenvalue weighted by Crippen LogP contribution is 2.63. The van der Waals surface area contributed by atoms with Gasteiger partial charge in [0.15, 0.2) is 28.8 Å². The molecule has 8 heteroatoms. The number of carbonyl (C=O) groups excluding carboxylic acids is 3. The number of nitrogens with zero attached hydrogens (tertiary/aromatic N) is 1. The van der Waals surface area contributed by atoms with Gasteiger partial charge >= 0.3 is 0 Å². The highest BCUT2D eigenvalue weighted by Gasteiger charge is 2.72. The quantitative estimate of drug-likeness (QED) is 0.197. The van der Waals surface area contributed by atoms with Gasteiger partial charge in [0.2, 0.25) is 5.75 Å². The molecule has 7 nitrogen and oxygen atoms in total. The zero-order valence-electron chi connectivity index (χ0n) is 24.2. The number of ether oxygens (including phenoxy) is 3. The van der Waals surface area contributed by atoms with E-state index in [4.69, 9.17) is 14.2 Å². The Labute approximate surface area is 253 Å². The maximum Gasteiger partial charge on any atom is 0.203 e. The van der Waals surface area contributed by atoms with Crippen LogP contribution in [0, 0.1) is 11.2 Å². The van der Waals surface area contributed by atoms with Crippen LogP contribution < -0.4 is 19.1 Å². The van der Waals surface area contributed by atoms with Crippen LogP contribution in [-0.4, -0.2) is 50.8 Å². The Kier molecular flexibility index (Phi) is 6.39. The number of ketones is 3. The van der Waals surface area contributed by atoms with Gasteiger partial charge in [-0.05, 0) is 42.0 Å². The summed E-state index contributed by atoms with van der Waals surface area (Å²) in [6.45, 7) is 0. The lowest BCUT2D eigenvalue weighted by molar-refractivity contribution is 0.0664. The van der Waals surface area contributed by atoms with Gasteiger partial charge in [-0.2, -0.15) is 0 Å². The lowest BCUT2D eigenvalue weighted by atomic mass is 9.64. The molecule has 0 aromatic heterocycles. The Morgan fingerprint density at radius 1 is 0.773 bits per heavy atom. The third-order valence-electron chi connectivity index (χ3n) is 9.18. The first-order valence-electron chi connectivity index (χ1n) is 14.2. The van der Waals surface area contributed by atoms with Crippen molar-refractivity contribution in [3.63, 3.8) is 0 Å². The first-order chi connectivity index (χ1) is 21.4. The maximum atomic E-state index is 14.9. The first-order valence-corrected chi connectivity index (χ1v) is 14.2. The number of halogens is 1. The number of para-hydroxylation sites is 1. The van der Waals surface area contributed by atoms with Gasteiger partial charge in [-0.15, -0.1) is 0 Å². The number of benzene rings is 4. The normalized spacial score (nSPS) is 20.7. The lowest BCUT2D eigenvalue weighted by Gasteiger charge is -2.37. The van der Waals surface area contributed by atoms with E-state index in [9.17, 15) is 18.8 Å². The van der Waals surface area contributed by atoms with E-state index in [0.29, 0.717) is 28.1 Å². The van der Waals surface area contributed by atoms with E-state index in [2.05, 4.69) is 0 Å². The lowest BCUT2D eigenvalue weighted by Crippen LogP contribution is -2.48. The molecule has 1 aliphatic carbocycles. The van der Waals surface area contributed by atoms with Crippen LogP contribution >= 0.6 is 0 Å². The second-order valence-corrected chi connectivity index (χ2v) is 11.1. The van der Waals surface area contributed by atoms with Crippen LogP contribution in [0.3, 0.4) is 0 Å². The molecule has 44 heavy (non-hydrogen) atoms. The molecule has 3 atom stereocenters. The summed E-state index contributed by atoms with van der Waals surface area (Å²) < 4.78 is 31.2. The molecule has 0 bridgehead atoms. The maximum absolute atomic E-state index is 14.9. The van der Waals surface area contributed by atoms with Crippen molar-refractivity contribution in [2.75, 3.05) is 26.2 Å². The second kappa shape index (κ2) is 10.2. The molecule has 2 aliphatic heterocycles. The van der Waals surface area contributed by atoms with Crippen molar-refractivity contribution in [2.24, 2.45) is 5.41 Å². The molecule has 1 fully saturated rings. The smallest absolute Gasteiger partial charge is 0.203 e. The van der Waals surface area contributed by atoms with Crippen molar-refractivity contribution < 1.29 is 33.0 Å². The molecule has 3 aliphatic rings. The van der Waals surface area contributed by atoms with Crippen LogP contribution in [0.5, 0.6) is 17.2 Å². The van der Waals surface area contributed by atoms with Gasteiger partial charge in [0, 0.05) is 33.9 Å². The van der Waals surface area contributed by atoms with E-state index in [1.165, 1.54) is 45.6 Å². The van der Waals surface area contributed by atoms with E-state index in [-0.39, 0.29) is 34.4 Å². The number of rotatable bonds is 6. The Hall–Kier alpha value is -5.24. The number of hydrogen-bond acceptors (Lipinski definition) is 7. The third-order valence-corrected chi connectivity index (χ3v) is 9.18. The summed E-state index contributed by atoms with van der Waals surface area (Å²) in [5.74, 6) is -1.71. The van der Waals surface area contributed by atoms with Gasteiger partial charge in [-0.25, -0.2) is 4.39 Å². The van der Waals surface area contributed by atoms with Crippen molar-refractivity contribution in [2.45, 2.75) is 18.0 Å². The summed E-state index contributed by atoms with van der Waals surface area (Å²) in [7, 11) is 4.44. The zero-order valence-corrected chi connectivity index (χ0v) is 24.2. The Balaban J connectivity index is 1.59. The van der Waals surface area contributed by atoms with Crippen LogP contribution in [0.1, 0.15) is 48.1 Å². The van der Waals surface area contributed by atoms with E-state index < -0.39 is 29.2 Å². The summed E-state index contributed by atoms with van der Waals surface area (Å²) >= 11 is 0. The van der Waals surface area contributed by atoms with Crippen molar-refractivity contribution in [1.82, 2.24) is 0 Å². The van der Waals surface area contributed by atoms with Gasteiger partial charge < -0.3 is 19.1 Å². The SMILES string of the molecule is COc1ccc(C2C(C(=O)c3ccc(F)cc3)N3c4ccccc4C=CC3C23C(=O)c2ccccc2C3=O)c(OC)c1OC. The number of fused-ring (bicyclic) bond motifs is 5. The summed E-state index contributed by atoms with van der Waals surface area (Å²) in [6, 6.07) is 21.2. The third kappa shape index (κ3) is 3.57. The highest BCUT2D eigenvalue weighted by molar-refractivity contribution is 6.32. The van der Waals surface area contributed by atoms with Crippen LogP contribution in [0.4, 0.5) is 10.1 Å². The highest BCUT2D eigenvalue weighted by atomic mass is 19.1. The number of methoxy groups -OCH3 is 3. The fourth-order valence-corrected chi connectivity index (χ4v) is 7.41. The molecular formula is C36H28FNO6. The fraction of sp³-hybridized carbons (Fsp3) is 0.194. The summed E-state index contributed by atoms with van der Waals surface area (Å²) in [4.78, 5) is 46.4. The van der Waals surface area contributed by atoms with Gasteiger partial charge in [0.1, 0.15) is 17.3 Å². The molecule has 0 N–H and O–H groups in total. The van der Waals surface area contributed by atoms with Crippen LogP contribution in [0.25, 0.3) is 6.08 Å². The molecule has 0 amide bonds. The number of hydrogen-bond donors (Lipinski definition) is 0. The van der Waals surface area contributed by atoms with Crippen LogP contribution in [0.15, 0.2) is 91.0 Å². The second-order valence-electron chi connectivity index (χ2n) is 11.1. The van der Waals surface area contributed by atoms with Crippen molar-refractivity contribution >= 4 is 29.1 Å². The average Bonchev–Trinajstić information content (AvgIpc) is 3.49.